The number of urea groups is 1. The Morgan fingerprint density at radius 2 is 2.26 bits per heavy atom. The van der Waals surface area contributed by atoms with Gasteiger partial charge in [0.1, 0.15) is 5.54 Å². The lowest BCUT2D eigenvalue weighted by molar-refractivity contribution is -0.147. The van der Waals surface area contributed by atoms with Gasteiger partial charge >= 0.3 is 12.0 Å². The van der Waals surface area contributed by atoms with Crippen LogP contribution in [0.1, 0.15) is 32.6 Å². The van der Waals surface area contributed by atoms with Crippen LogP contribution in [-0.2, 0) is 9.59 Å². The first-order valence-electron chi connectivity index (χ1n) is 6.52. The SMILES string of the molecule is CC1(C(=O)O)CCCN1C(=O)NC1CCC(=O)NC1. The minimum atomic E-state index is -1.12. The Kier molecular flexibility index (Phi) is 3.64. The summed E-state index contributed by atoms with van der Waals surface area (Å²) in [5, 5.41) is 14.7. The van der Waals surface area contributed by atoms with Crippen LogP contribution in [0, 0.1) is 0 Å². The molecule has 0 saturated carbocycles. The van der Waals surface area contributed by atoms with Crippen molar-refractivity contribution in [2.45, 2.75) is 44.2 Å². The van der Waals surface area contributed by atoms with Gasteiger partial charge in [-0.3, -0.25) is 4.79 Å². The number of carboxylic acids is 1. The minimum Gasteiger partial charge on any atom is -0.480 e. The fraction of sp³-hybridized carbons (Fsp3) is 0.750. The molecule has 7 heteroatoms. The van der Waals surface area contributed by atoms with Gasteiger partial charge in [0.2, 0.25) is 5.91 Å². The molecule has 2 heterocycles. The van der Waals surface area contributed by atoms with Gasteiger partial charge in [-0.05, 0) is 26.2 Å². The second kappa shape index (κ2) is 5.07. The number of nitrogens with one attached hydrogen (secondary N) is 2. The molecule has 0 aliphatic carbocycles. The van der Waals surface area contributed by atoms with E-state index in [-0.39, 0.29) is 18.0 Å². The predicted octanol–water partition coefficient (Wildman–Crippen LogP) is -0.0863. The van der Waals surface area contributed by atoms with Gasteiger partial charge in [0.05, 0.1) is 0 Å². The monoisotopic (exact) mass is 269 g/mol. The minimum absolute atomic E-state index is 0.0120. The molecule has 19 heavy (non-hydrogen) atoms. The Bertz CT molecular complexity index is 402. The summed E-state index contributed by atoms with van der Waals surface area (Å²) in [6, 6.07) is -0.479. The summed E-state index contributed by atoms with van der Waals surface area (Å²) < 4.78 is 0. The smallest absolute Gasteiger partial charge is 0.329 e. The Hall–Kier alpha value is -1.79. The van der Waals surface area contributed by atoms with E-state index in [0.717, 1.165) is 0 Å². The third-order valence-corrected chi connectivity index (χ3v) is 3.94. The average molecular weight is 269 g/mol. The highest BCUT2D eigenvalue weighted by atomic mass is 16.4. The van der Waals surface area contributed by atoms with Crippen molar-refractivity contribution >= 4 is 17.9 Å². The lowest BCUT2D eigenvalue weighted by Gasteiger charge is -2.33. The number of piperidine rings is 1. The molecule has 2 aliphatic rings. The molecule has 0 radical (unpaired) electrons. The zero-order valence-electron chi connectivity index (χ0n) is 10.9. The molecule has 0 aromatic carbocycles. The van der Waals surface area contributed by atoms with E-state index in [1.165, 1.54) is 4.90 Å². The maximum absolute atomic E-state index is 12.2. The number of hydrogen-bond donors (Lipinski definition) is 3. The Morgan fingerprint density at radius 1 is 1.53 bits per heavy atom. The van der Waals surface area contributed by atoms with Crippen molar-refractivity contribution in [1.29, 1.82) is 0 Å². The summed E-state index contributed by atoms with van der Waals surface area (Å²) in [6.45, 7) is 2.43. The third kappa shape index (κ3) is 2.64. The van der Waals surface area contributed by atoms with E-state index in [0.29, 0.717) is 38.8 Å². The molecule has 2 unspecified atom stereocenters. The maximum Gasteiger partial charge on any atom is 0.329 e. The van der Waals surface area contributed by atoms with Gasteiger partial charge in [-0.2, -0.15) is 0 Å². The normalized spacial score (nSPS) is 30.9. The Morgan fingerprint density at radius 3 is 2.84 bits per heavy atom. The Labute approximate surface area is 111 Å². The highest BCUT2D eigenvalue weighted by Gasteiger charge is 2.46. The topological polar surface area (TPSA) is 98.7 Å². The van der Waals surface area contributed by atoms with Crippen molar-refractivity contribution in [2.75, 3.05) is 13.1 Å². The van der Waals surface area contributed by atoms with Crippen LogP contribution in [-0.4, -0.2) is 52.6 Å². The largest absolute Gasteiger partial charge is 0.480 e. The lowest BCUT2D eigenvalue weighted by Crippen LogP contribution is -2.57. The quantitative estimate of drug-likeness (QED) is 0.652. The van der Waals surface area contributed by atoms with Crippen LogP contribution in [0.5, 0.6) is 0 Å². The molecular weight excluding hydrogens is 250 g/mol. The van der Waals surface area contributed by atoms with E-state index in [2.05, 4.69) is 10.6 Å². The molecule has 3 N–H and O–H groups in total. The average Bonchev–Trinajstić information content (AvgIpc) is 2.76. The van der Waals surface area contributed by atoms with Crippen LogP contribution in [0.4, 0.5) is 4.79 Å². The zero-order valence-corrected chi connectivity index (χ0v) is 10.9. The van der Waals surface area contributed by atoms with Crippen molar-refractivity contribution in [3.05, 3.63) is 0 Å². The second-order valence-electron chi connectivity index (χ2n) is 5.32. The molecule has 3 amide bonds. The van der Waals surface area contributed by atoms with Crippen LogP contribution in [0.3, 0.4) is 0 Å². The van der Waals surface area contributed by atoms with Crippen LogP contribution in [0.15, 0.2) is 0 Å². The lowest BCUT2D eigenvalue weighted by atomic mass is 9.99. The molecule has 0 bridgehead atoms. The molecule has 7 nitrogen and oxygen atoms in total. The van der Waals surface area contributed by atoms with Crippen molar-refractivity contribution in [2.24, 2.45) is 0 Å². The molecule has 0 spiro atoms. The third-order valence-electron chi connectivity index (χ3n) is 3.94. The van der Waals surface area contributed by atoms with Crippen molar-refractivity contribution < 1.29 is 19.5 Å². The first kappa shape index (κ1) is 13.6. The van der Waals surface area contributed by atoms with Crippen molar-refractivity contribution in [3.8, 4) is 0 Å². The van der Waals surface area contributed by atoms with E-state index in [9.17, 15) is 19.5 Å². The number of carbonyl (C=O) groups excluding carboxylic acids is 2. The van der Waals surface area contributed by atoms with Crippen LogP contribution >= 0.6 is 0 Å². The maximum atomic E-state index is 12.2. The van der Waals surface area contributed by atoms with Gasteiger partial charge < -0.3 is 20.6 Å². The van der Waals surface area contributed by atoms with E-state index in [4.69, 9.17) is 0 Å². The first-order valence-corrected chi connectivity index (χ1v) is 6.52. The predicted molar refractivity (Wildman–Crippen MR) is 66.5 cm³/mol. The van der Waals surface area contributed by atoms with E-state index < -0.39 is 11.5 Å². The highest BCUT2D eigenvalue weighted by molar-refractivity contribution is 5.87. The number of hydrogen-bond acceptors (Lipinski definition) is 3. The van der Waals surface area contributed by atoms with Gasteiger partial charge in [0.15, 0.2) is 0 Å². The fourth-order valence-electron chi connectivity index (χ4n) is 2.62. The number of likely N-dealkylation sites (tertiary alicyclic amines) is 1. The van der Waals surface area contributed by atoms with Gasteiger partial charge in [-0.1, -0.05) is 0 Å². The van der Waals surface area contributed by atoms with Crippen molar-refractivity contribution in [1.82, 2.24) is 15.5 Å². The van der Waals surface area contributed by atoms with Crippen molar-refractivity contribution in [3.63, 3.8) is 0 Å². The molecule has 0 aromatic heterocycles. The van der Waals surface area contributed by atoms with Crippen LogP contribution in [0.25, 0.3) is 0 Å². The summed E-state index contributed by atoms with van der Waals surface area (Å²) >= 11 is 0. The van der Waals surface area contributed by atoms with E-state index in [1.807, 2.05) is 0 Å². The highest BCUT2D eigenvalue weighted by Crippen LogP contribution is 2.29. The molecule has 2 fully saturated rings. The number of amides is 3. The number of carboxylic acid groups (broad SMARTS) is 1. The number of carbonyl (C=O) groups is 3. The van der Waals surface area contributed by atoms with Crippen LogP contribution < -0.4 is 10.6 Å². The standard InChI is InChI=1S/C12H19N3O4/c1-12(10(17)18)5-2-6-15(12)11(19)14-8-3-4-9(16)13-7-8/h8H,2-7H2,1H3,(H,13,16)(H,14,19)(H,17,18). The summed E-state index contributed by atoms with van der Waals surface area (Å²) in [4.78, 5) is 35.9. The number of nitrogens with zero attached hydrogens (tertiary/aromatic N) is 1. The molecule has 2 rings (SSSR count). The van der Waals surface area contributed by atoms with Crippen LogP contribution in [0.2, 0.25) is 0 Å². The van der Waals surface area contributed by atoms with E-state index in [1.54, 1.807) is 6.92 Å². The second-order valence-corrected chi connectivity index (χ2v) is 5.32. The molecule has 2 saturated heterocycles. The van der Waals surface area contributed by atoms with Gasteiger partial charge in [0.25, 0.3) is 0 Å². The summed E-state index contributed by atoms with van der Waals surface area (Å²) in [5.74, 6) is -0.987. The summed E-state index contributed by atoms with van der Waals surface area (Å²) in [6.07, 6.45) is 2.14. The molecule has 0 aromatic rings. The summed E-state index contributed by atoms with van der Waals surface area (Å²) in [5.41, 5.74) is -1.12. The van der Waals surface area contributed by atoms with Gasteiger partial charge in [-0.25, -0.2) is 9.59 Å². The Balaban J connectivity index is 1.96. The number of aliphatic carboxylic acids is 1. The zero-order chi connectivity index (χ0) is 14.0. The first-order chi connectivity index (χ1) is 8.93. The van der Waals surface area contributed by atoms with Gasteiger partial charge in [0, 0.05) is 25.6 Å². The number of rotatable bonds is 2. The van der Waals surface area contributed by atoms with Gasteiger partial charge in [-0.15, -0.1) is 0 Å². The molecule has 2 atom stereocenters. The molecule has 2 aliphatic heterocycles. The van der Waals surface area contributed by atoms with E-state index >= 15 is 0 Å². The molecular formula is C12H19N3O4. The molecule has 106 valence electrons. The fourth-order valence-corrected chi connectivity index (χ4v) is 2.62. The summed E-state index contributed by atoms with van der Waals surface area (Å²) in [7, 11) is 0.